The zero-order valence-electron chi connectivity index (χ0n) is 17.9. The lowest BCUT2D eigenvalue weighted by atomic mass is 10.1. The molecule has 3 rings (SSSR count). The van der Waals surface area contributed by atoms with Crippen LogP contribution in [0, 0.1) is 24.0 Å². The highest BCUT2D eigenvalue weighted by atomic mass is 16.6. The second-order valence-electron chi connectivity index (χ2n) is 7.40. The first-order valence-electron chi connectivity index (χ1n) is 9.92. The second kappa shape index (κ2) is 9.73. The number of carbonyl (C=O) groups excluding carboxylic acids is 2. The molecule has 9 heteroatoms. The maximum absolute atomic E-state index is 13.3. The normalized spacial score (nSPS) is 10.4. The van der Waals surface area contributed by atoms with Gasteiger partial charge in [0.25, 0.3) is 11.6 Å². The van der Waals surface area contributed by atoms with Gasteiger partial charge >= 0.3 is 5.97 Å². The van der Waals surface area contributed by atoms with Gasteiger partial charge in [-0.3, -0.25) is 24.6 Å². The molecule has 0 aromatic heterocycles. The highest BCUT2D eigenvalue weighted by Gasteiger charge is 2.23. The summed E-state index contributed by atoms with van der Waals surface area (Å²) in [4.78, 5) is 48.8. The summed E-state index contributed by atoms with van der Waals surface area (Å²) in [7, 11) is 0. The smallest absolute Gasteiger partial charge is 0.335 e. The summed E-state index contributed by atoms with van der Waals surface area (Å²) >= 11 is 0. The van der Waals surface area contributed by atoms with Crippen LogP contribution in [-0.2, 0) is 4.79 Å². The molecule has 0 fully saturated rings. The van der Waals surface area contributed by atoms with E-state index in [0.717, 1.165) is 11.1 Å². The number of carbonyl (C=O) groups is 3. The van der Waals surface area contributed by atoms with Crippen molar-refractivity contribution >= 4 is 34.8 Å². The Morgan fingerprint density at radius 3 is 2.24 bits per heavy atom. The van der Waals surface area contributed by atoms with Crippen LogP contribution in [0.3, 0.4) is 0 Å². The minimum absolute atomic E-state index is 0.0704. The molecule has 0 aliphatic heterocycles. The highest BCUT2D eigenvalue weighted by molar-refractivity contribution is 6.10. The van der Waals surface area contributed by atoms with Crippen molar-refractivity contribution in [1.29, 1.82) is 0 Å². The molecule has 3 aromatic carbocycles. The highest BCUT2D eigenvalue weighted by Crippen LogP contribution is 2.23. The lowest BCUT2D eigenvalue weighted by molar-refractivity contribution is -0.384. The molecule has 0 bridgehead atoms. The van der Waals surface area contributed by atoms with Crippen LogP contribution in [0.4, 0.5) is 17.1 Å². The topological polar surface area (TPSA) is 130 Å². The number of aryl methyl sites for hydroxylation is 2. The molecule has 33 heavy (non-hydrogen) atoms. The number of benzene rings is 3. The number of nitro benzene ring substituents is 1. The Morgan fingerprint density at radius 1 is 0.939 bits per heavy atom. The van der Waals surface area contributed by atoms with Gasteiger partial charge in [0, 0.05) is 29.1 Å². The Kier molecular flexibility index (Phi) is 6.82. The van der Waals surface area contributed by atoms with E-state index in [1.165, 1.54) is 53.4 Å². The third-order valence-electron chi connectivity index (χ3n) is 5.07. The maximum Gasteiger partial charge on any atom is 0.335 e. The molecular weight excluding hydrogens is 426 g/mol. The van der Waals surface area contributed by atoms with Gasteiger partial charge in [-0.05, 0) is 67.4 Å². The standard InChI is InChI=1S/C24H21N3O6/c1-15-6-11-20(12-16(15)2)26(23(29)18-4-3-5-21(13-18)27(32)33)14-22(28)25-19-9-7-17(8-10-19)24(30)31/h3-13H,14H2,1-2H3,(H,25,28)(H,30,31). The average Bonchev–Trinajstić information content (AvgIpc) is 2.79. The van der Waals surface area contributed by atoms with Crippen LogP contribution in [0.2, 0.25) is 0 Å². The van der Waals surface area contributed by atoms with Gasteiger partial charge in [-0.1, -0.05) is 12.1 Å². The number of hydrogen-bond donors (Lipinski definition) is 2. The number of nitrogens with one attached hydrogen (secondary N) is 1. The number of amides is 2. The average molecular weight is 447 g/mol. The summed E-state index contributed by atoms with van der Waals surface area (Å²) in [6, 6.07) is 16.2. The number of non-ortho nitro benzene ring substituents is 1. The minimum Gasteiger partial charge on any atom is -0.478 e. The number of anilines is 2. The van der Waals surface area contributed by atoms with Gasteiger partial charge in [0.15, 0.2) is 0 Å². The first kappa shape index (κ1) is 23.1. The van der Waals surface area contributed by atoms with Crippen molar-refractivity contribution in [2.24, 2.45) is 0 Å². The Bertz CT molecular complexity index is 1240. The minimum atomic E-state index is -1.09. The van der Waals surface area contributed by atoms with E-state index in [9.17, 15) is 24.5 Å². The molecular formula is C24H21N3O6. The first-order valence-corrected chi connectivity index (χ1v) is 9.92. The van der Waals surface area contributed by atoms with Gasteiger partial charge in [-0.15, -0.1) is 0 Å². The molecule has 3 aromatic rings. The molecule has 0 unspecified atom stereocenters. The summed E-state index contributed by atoms with van der Waals surface area (Å²) in [5.74, 6) is -2.18. The summed E-state index contributed by atoms with van der Waals surface area (Å²) < 4.78 is 0. The van der Waals surface area contributed by atoms with Crippen LogP contribution in [0.5, 0.6) is 0 Å². The fourth-order valence-electron chi connectivity index (χ4n) is 3.12. The van der Waals surface area contributed by atoms with Gasteiger partial charge in [0.05, 0.1) is 10.5 Å². The number of carboxylic acids is 1. The van der Waals surface area contributed by atoms with Gasteiger partial charge in [0.2, 0.25) is 5.91 Å². The van der Waals surface area contributed by atoms with Gasteiger partial charge in [-0.2, -0.15) is 0 Å². The van der Waals surface area contributed by atoms with Crippen molar-refractivity contribution in [2.75, 3.05) is 16.8 Å². The summed E-state index contributed by atoms with van der Waals surface area (Å²) in [5, 5.41) is 22.8. The molecule has 0 saturated heterocycles. The molecule has 2 N–H and O–H groups in total. The van der Waals surface area contributed by atoms with Crippen molar-refractivity contribution in [3.05, 3.63) is 99.1 Å². The molecule has 2 amide bonds. The lowest BCUT2D eigenvalue weighted by Gasteiger charge is -2.23. The Morgan fingerprint density at radius 2 is 1.64 bits per heavy atom. The van der Waals surface area contributed by atoms with E-state index >= 15 is 0 Å². The maximum atomic E-state index is 13.3. The van der Waals surface area contributed by atoms with Gasteiger partial charge in [0.1, 0.15) is 6.54 Å². The molecule has 0 aliphatic rings. The molecule has 0 heterocycles. The van der Waals surface area contributed by atoms with Crippen molar-refractivity contribution in [3.8, 4) is 0 Å². The van der Waals surface area contributed by atoms with Gasteiger partial charge in [-0.25, -0.2) is 4.79 Å². The molecule has 0 atom stereocenters. The number of nitrogens with zero attached hydrogens (tertiary/aromatic N) is 2. The van der Waals surface area contributed by atoms with Crippen molar-refractivity contribution in [2.45, 2.75) is 13.8 Å². The first-order chi connectivity index (χ1) is 15.7. The van der Waals surface area contributed by atoms with E-state index in [4.69, 9.17) is 5.11 Å². The van der Waals surface area contributed by atoms with Crippen LogP contribution in [0.1, 0.15) is 31.8 Å². The molecule has 0 aliphatic carbocycles. The summed E-state index contributed by atoms with van der Waals surface area (Å²) in [5.41, 5.74) is 2.66. The fraction of sp³-hybridized carbons (Fsp3) is 0.125. The number of carboxylic acid groups (broad SMARTS) is 1. The van der Waals surface area contributed by atoms with Crippen molar-refractivity contribution in [1.82, 2.24) is 0 Å². The van der Waals surface area contributed by atoms with Crippen molar-refractivity contribution in [3.63, 3.8) is 0 Å². The van der Waals surface area contributed by atoms with E-state index in [1.54, 1.807) is 12.1 Å². The second-order valence-corrected chi connectivity index (χ2v) is 7.40. The zero-order valence-corrected chi connectivity index (χ0v) is 17.9. The summed E-state index contributed by atoms with van der Waals surface area (Å²) in [6.45, 7) is 3.43. The SMILES string of the molecule is Cc1ccc(N(CC(=O)Nc2ccc(C(=O)O)cc2)C(=O)c2cccc([N+](=O)[O-])c2)cc1C. The van der Waals surface area contributed by atoms with Gasteiger partial charge < -0.3 is 10.4 Å². The third-order valence-corrected chi connectivity index (χ3v) is 5.07. The number of hydrogen-bond acceptors (Lipinski definition) is 5. The molecule has 9 nitrogen and oxygen atoms in total. The molecule has 0 saturated carbocycles. The van der Waals surface area contributed by atoms with E-state index in [0.29, 0.717) is 11.4 Å². The monoisotopic (exact) mass is 447 g/mol. The van der Waals surface area contributed by atoms with E-state index < -0.39 is 22.7 Å². The Hall–Kier alpha value is -4.53. The fourth-order valence-corrected chi connectivity index (χ4v) is 3.12. The molecule has 168 valence electrons. The van der Waals surface area contributed by atoms with Crippen LogP contribution in [0.25, 0.3) is 0 Å². The zero-order chi connectivity index (χ0) is 24.1. The predicted molar refractivity (Wildman–Crippen MR) is 123 cm³/mol. The Labute approximate surface area is 189 Å². The predicted octanol–water partition coefficient (Wildman–Crippen LogP) is 4.20. The quantitative estimate of drug-likeness (QED) is 0.412. The molecule has 0 radical (unpaired) electrons. The third kappa shape index (κ3) is 5.59. The lowest BCUT2D eigenvalue weighted by Crippen LogP contribution is -2.38. The van der Waals surface area contributed by atoms with Crippen LogP contribution in [0.15, 0.2) is 66.7 Å². The van der Waals surface area contributed by atoms with E-state index in [1.807, 2.05) is 19.9 Å². The number of aromatic carboxylic acids is 1. The molecule has 0 spiro atoms. The number of nitro groups is 1. The Balaban J connectivity index is 1.89. The largest absolute Gasteiger partial charge is 0.478 e. The van der Waals surface area contributed by atoms with Crippen LogP contribution in [-0.4, -0.2) is 34.4 Å². The van der Waals surface area contributed by atoms with E-state index in [-0.39, 0.29) is 23.4 Å². The van der Waals surface area contributed by atoms with Crippen LogP contribution >= 0.6 is 0 Å². The summed E-state index contributed by atoms with van der Waals surface area (Å²) in [6.07, 6.45) is 0. The van der Waals surface area contributed by atoms with Crippen LogP contribution < -0.4 is 10.2 Å². The van der Waals surface area contributed by atoms with E-state index in [2.05, 4.69) is 5.32 Å². The number of rotatable bonds is 7. The van der Waals surface area contributed by atoms with Crippen molar-refractivity contribution < 1.29 is 24.4 Å².